The molecule has 1 N–H and O–H groups in total. The first-order valence-electron chi connectivity index (χ1n) is 3.57. The van der Waals surface area contributed by atoms with Crippen LogP contribution in [0.15, 0.2) is 0 Å². The van der Waals surface area contributed by atoms with Crippen LogP contribution in [0.1, 0.15) is 25.7 Å². The van der Waals surface area contributed by atoms with E-state index in [4.69, 9.17) is 16.7 Å². The minimum absolute atomic E-state index is 0.253. The van der Waals surface area contributed by atoms with Gasteiger partial charge in [0.05, 0.1) is 6.10 Å². The molecule has 1 rings (SSSR count). The van der Waals surface area contributed by atoms with Gasteiger partial charge in [-0.2, -0.15) is 0 Å². The van der Waals surface area contributed by atoms with E-state index >= 15 is 0 Å². The second-order valence-corrected chi connectivity index (χ2v) is 3.15. The quantitative estimate of drug-likeness (QED) is 0.605. The molecule has 9 heavy (non-hydrogen) atoms. The van der Waals surface area contributed by atoms with Gasteiger partial charge in [-0.3, -0.25) is 0 Å². The summed E-state index contributed by atoms with van der Waals surface area (Å²) in [5, 5.41) is 9.06. The Hall–Kier alpha value is 0.250. The van der Waals surface area contributed by atoms with Crippen LogP contribution in [0.4, 0.5) is 0 Å². The number of halogens is 1. The molecule has 1 saturated carbocycles. The molecule has 0 aliphatic heterocycles. The summed E-state index contributed by atoms with van der Waals surface area (Å²) in [4.78, 5) is 0. The highest BCUT2D eigenvalue weighted by Crippen LogP contribution is 2.30. The second kappa shape index (κ2) is 3.43. The number of alkyl halides is 1. The highest BCUT2D eigenvalue weighted by molar-refractivity contribution is 6.18. The van der Waals surface area contributed by atoms with E-state index in [-0.39, 0.29) is 6.10 Å². The summed E-state index contributed by atoms with van der Waals surface area (Å²) in [6.07, 6.45) is 4.61. The van der Waals surface area contributed by atoms with Gasteiger partial charge in [0.1, 0.15) is 0 Å². The molecule has 1 unspecified atom stereocenters. The number of aliphatic hydroxyl groups is 1. The molecule has 1 aliphatic carbocycles. The minimum Gasteiger partial charge on any atom is -0.392 e. The van der Waals surface area contributed by atoms with Crippen LogP contribution in [-0.4, -0.2) is 17.1 Å². The number of hydrogen-bond acceptors (Lipinski definition) is 1. The number of aliphatic hydroxyl groups excluding tert-OH is 1. The Labute approximate surface area is 61.0 Å². The van der Waals surface area contributed by atoms with Crippen molar-refractivity contribution in [2.75, 3.05) is 5.88 Å². The molecule has 2 heteroatoms. The van der Waals surface area contributed by atoms with Gasteiger partial charge in [0.15, 0.2) is 0 Å². The molecule has 0 aromatic heterocycles. The monoisotopic (exact) mass is 148 g/mol. The SMILES string of the molecule is OC(CCl)CC1CCC1. The average molecular weight is 149 g/mol. The van der Waals surface area contributed by atoms with Crippen molar-refractivity contribution in [2.45, 2.75) is 31.8 Å². The fourth-order valence-corrected chi connectivity index (χ4v) is 1.30. The third-order valence-corrected chi connectivity index (χ3v) is 2.36. The summed E-state index contributed by atoms with van der Waals surface area (Å²) in [6, 6.07) is 0. The van der Waals surface area contributed by atoms with Crippen LogP contribution >= 0.6 is 11.6 Å². The van der Waals surface area contributed by atoms with E-state index in [1.807, 2.05) is 0 Å². The lowest BCUT2D eigenvalue weighted by molar-refractivity contribution is 0.135. The van der Waals surface area contributed by atoms with Gasteiger partial charge in [0, 0.05) is 5.88 Å². The van der Waals surface area contributed by atoms with Gasteiger partial charge in [-0.25, -0.2) is 0 Å². The smallest absolute Gasteiger partial charge is 0.0678 e. The highest BCUT2D eigenvalue weighted by Gasteiger charge is 2.19. The van der Waals surface area contributed by atoms with E-state index in [0.717, 1.165) is 12.3 Å². The van der Waals surface area contributed by atoms with Crippen molar-refractivity contribution < 1.29 is 5.11 Å². The van der Waals surface area contributed by atoms with Gasteiger partial charge >= 0.3 is 0 Å². The van der Waals surface area contributed by atoms with E-state index in [0.29, 0.717) is 5.88 Å². The van der Waals surface area contributed by atoms with E-state index in [1.165, 1.54) is 19.3 Å². The minimum atomic E-state index is -0.253. The van der Waals surface area contributed by atoms with Gasteiger partial charge < -0.3 is 5.11 Å². The zero-order valence-electron chi connectivity index (χ0n) is 5.52. The van der Waals surface area contributed by atoms with Crippen molar-refractivity contribution in [3.63, 3.8) is 0 Å². The lowest BCUT2D eigenvalue weighted by Crippen LogP contribution is -2.19. The summed E-state index contributed by atoms with van der Waals surface area (Å²) in [7, 11) is 0. The van der Waals surface area contributed by atoms with Gasteiger partial charge in [-0.05, 0) is 12.3 Å². The lowest BCUT2D eigenvalue weighted by atomic mass is 9.82. The Bertz CT molecular complexity index is 78.2. The first kappa shape index (κ1) is 7.36. The summed E-state index contributed by atoms with van der Waals surface area (Å²) >= 11 is 5.43. The zero-order valence-corrected chi connectivity index (χ0v) is 6.27. The first-order valence-corrected chi connectivity index (χ1v) is 4.10. The van der Waals surface area contributed by atoms with Crippen LogP contribution in [0.5, 0.6) is 0 Å². The molecule has 0 saturated heterocycles. The van der Waals surface area contributed by atoms with Crippen LogP contribution in [0, 0.1) is 5.92 Å². The van der Waals surface area contributed by atoms with E-state index < -0.39 is 0 Å². The van der Waals surface area contributed by atoms with Crippen molar-refractivity contribution in [1.29, 1.82) is 0 Å². The van der Waals surface area contributed by atoms with Crippen molar-refractivity contribution in [2.24, 2.45) is 5.92 Å². The predicted octanol–water partition coefficient (Wildman–Crippen LogP) is 1.78. The third-order valence-electron chi connectivity index (χ3n) is 2.01. The first-order chi connectivity index (χ1) is 4.33. The summed E-state index contributed by atoms with van der Waals surface area (Å²) in [5.41, 5.74) is 0. The molecule has 0 radical (unpaired) electrons. The fourth-order valence-electron chi connectivity index (χ4n) is 1.18. The molecule has 0 bridgehead atoms. The molecule has 1 aliphatic rings. The Kier molecular flexibility index (Phi) is 2.80. The van der Waals surface area contributed by atoms with Gasteiger partial charge in [0.25, 0.3) is 0 Å². The average Bonchev–Trinajstić information content (AvgIpc) is 1.78. The van der Waals surface area contributed by atoms with Crippen molar-refractivity contribution in [3.05, 3.63) is 0 Å². The maximum atomic E-state index is 9.06. The van der Waals surface area contributed by atoms with E-state index in [1.54, 1.807) is 0 Å². The van der Waals surface area contributed by atoms with Crippen LogP contribution in [0.25, 0.3) is 0 Å². The largest absolute Gasteiger partial charge is 0.392 e. The molecule has 0 amide bonds. The van der Waals surface area contributed by atoms with E-state index in [2.05, 4.69) is 0 Å². The molecular formula is C7H13ClO. The van der Waals surface area contributed by atoms with Crippen molar-refractivity contribution >= 4 is 11.6 Å². The lowest BCUT2D eigenvalue weighted by Gasteiger charge is -2.26. The number of hydrogen-bond donors (Lipinski definition) is 1. The maximum Gasteiger partial charge on any atom is 0.0678 e. The topological polar surface area (TPSA) is 20.2 Å². The van der Waals surface area contributed by atoms with Gasteiger partial charge in [-0.15, -0.1) is 11.6 Å². The summed E-state index contributed by atoms with van der Waals surface area (Å²) in [5.74, 6) is 1.18. The normalized spacial score (nSPS) is 23.3. The standard InChI is InChI=1S/C7H13ClO/c8-5-7(9)4-6-2-1-3-6/h6-7,9H,1-5H2. The maximum absolute atomic E-state index is 9.06. The van der Waals surface area contributed by atoms with Crippen molar-refractivity contribution in [1.82, 2.24) is 0 Å². The molecule has 1 nitrogen and oxygen atoms in total. The second-order valence-electron chi connectivity index (χ2n) is 2.84. The summed E-state index contributed by atoms with van der Waals surface area (Å²) < 4.78 is 0. The Morgan fingerprint density at radius 1 is 1.56 bits per heavy atom. The molecule has 0 spiro atoms. The molecule has 0 aromatic rings. The van der Waals surface area contributed by atoms with Gasteiger partial charge in [-0.1, -0.05) is 19.3 Å². The summed E-state index contributed by atoms with van der Waals surface area (Å²) in [6.45, 7) is 0. The molecular weight excluding hydrogens is 136 g/mol. The predicted molar refractivity (Wildman–Crippen MR) is 38.7 cm³/mol. The Morgan fingerprint density at radius 2 is 2.22 bits per heavy atom. The molecule has 1 atom stereocenters. The van der Waals surface area contributed by atoms with Crippen molar-refractivity contribution in [3.8, 4) is 0 Å². The van der Waals surface area contributed by atoms with Crippen LogP contribution in [-0.2, 0) is 0 Å². The molecule has 54 valence electrons. The number of rotatable bonds is 3. The van der Waals surface area contributed by atoms with E-state index in [9.17, 15) is 0 Å². The van der Waals surface area contributed by atoms with Gasteiger partial charge in [0.2, 0.25) is 0 Å². The molecule has 0 heterocycles. The van der Waals surface area contributed by atoms with Crippen LogP contribution in [0.3, 0.4) is 0 Å². The highest BCUT2D eigenvalue weighted by atomic mass is 35.5. The van der Waals surface area contributed by atoms with Crippen LogP contribution in [0.2, 0.25) is 0 Å². The van der Waals surface area contributed by atoms with Crippen LogP contribution < -0.4 is 0 Å². The molecule has 1 fully saturated rings. The molecule has 0 aromatic carbocycles. The fraction of sp³-hybridized carbons (Fsp3) is 1.00. The third kappa shape index (κ3) is 2.15. The zero-order chi connectivity index (χ0) is 6.69. The Balaban J connectivity index is 2.01. The Morgan fingerprint density at radius 3 is 2.56 bits per heavy atom.